The number of hydrogen-bond acceptors (Lipinski definition) is 9. The third-order valence-electron chi connectivity index (χ3n) is 4.08. The predicted octanol–water partition coefficient (Wildman–Crippen LogP) is -0.528. The second kappa shape index (κ2) is 11.4. The number of nitrogens with zero attached hydrogens (tertiary/aromatic N) is 1. The molecule has 0 saturated heterocycles. The van der Waals surface area contributed by atoms with Crippen LogP contribution in [0.25, 0.3) is 0 Å². The molecule has 19 heteroatoms. The van der Waals surface area contributed by atoms with Crippen LogP contribution in [0, 0.1) is 6.92 Å². The minimum absolute atomic E-state index is 0.0265. The van der Waals surface area contributed by atoms with Gasteiger partial charge in [0, 0.05) is 11.8 Å². The van der Waals surface area contributed by atoms with Crippen LogP contribution >= 0.6 is 23.5 Å². The van der Waals surface area contributed by atoms with Gasteiger partial charge in [0.1, 0.15) is 0 Å². The van der Waals surface area contributed by atoms with Crippen LogP contribution in [-0.2, 0) is 33.6 Å². The van der Waals surface area contributed by atoms with E-state index in [0.717, 1.165) is 25.7 Å². The van der Waals surface area contributed by atoms with Crippen LogP contribution in [-0.4, -0.2) is 57.9 Å². The second-order valence-electron chi connectivity index (χ2n) is 6.77. The molecule has 0 atom stereocenters. The molecule has 1 aromatic rings. The molecule has 1 heterocycles. The van der Waals surface area contributed by atoms with Crippen molar-refractivity contribution in [3.8, 4) is 0 Å². The van der Waals surface area contributed by atoms with Crippen LogP contribution in [0.1, 0.15) is 31.2 Å². The van der Waals surface area contributed by atoms with E-state index in [2.05, 4.69) is 13.6 Å². The van der Waals surface area contributed by atoms with Crippen LogP contribution in [0.2, 0.25) is 0 Å². The predicted molar refractivity (Wildman–Crippen MR) is 106 cm³/mol. The maximum absolute atomic E-state index is 11.8. The first-order valence-corrected chi connectivity index (χ1v) is 13.4. The highest BCUT2D eigenvalue weighted by Crippen LogP contribution is 2.64. The van der Waals surface area contributed by atoms with Crippen molar-refractivity contribution < 1.29 is 56.6 Å². The van der Waals surface area contributed by atoms with Gasteiger partial charge in [0.25, 0.3) is 5.56 Å². The summed E-state index contributed by atoms with van der Waals surface area (Å²) >= 11 is 0. The quantitative estimate of drug-likeness (QED) is 0.200. The van der Waals surface area contributed by atoms with E-state index in [-0.39, 0.29) is 18.8 Å². The fraction of sp³-hybridized carbons (Fsp3) is 0.692. The zero-order valence-corrected chi connectivity index (χ0v) is 19.4. The monoisotopic (exact) mass is 526 g/mol. The van der Waals surface area contributed by atoms with Gasteiger partial charge in [-0.1, -0.05) is 12.8 Å². The molecule has 0 radical (unpaired) electrons. The number of aryl methyl sites for hydroxylation is 1. The first-order chi connectivity index (χ1) is 14.5. The number of phosphoric acid groups is 3. The number of aromatic nitrogens is 2. The average Bonchev–Trinajstić information content (AvgIpc) is 3.03. The fourth-order valence-corrected chi connectivity index (χ4v) is 5.50. The summed E-state index contributed by atoms with van der Waals surface area (Å²) in [5, 5.41) is 8.90. The molecule has 186 valence electrons. The molecule has 0 spiro atoms. The Hall–Kier alpha value is -0.990. The van der Waals surface area contributed by atoms with Gasteiger partial charge >= 0.3 is 29.2 Å². The van der Waals surface area contributed by atoms with Crippen molar-refractivity contribution in [1.29, 1.82) is 0 Å². The number of aromatic amines is 1. The third kappa shape index (κ3) is 10.8. The molecule has 1 fully saturated rings. The van der Waals surface area contributed by atoms with Gasteiger partial charge in [-0.25, -0.2) is 18.5 Å². The molecule has 1 aliphatic carbocycles. The Kier molecular flexibility index (Phi) is 10.4. The average molecular weight is 526 g/mol. The Labute approximate surface area is 180 Å². The van der Waals surface area contributed by atoms with E-state index < -0.39 is 34.8 Å². The molecular weight excluding hydrogens is 501 g/mol. The zero-order chi connectivity index (χ0) is 24.8. The van der Waals surface area contributed by atoms with Gasteiger partial charge in [0.2, 0.25) is 0 Å². The van der Waals surface area contributed by atoms with Gasteiger partial charge in [0.15, 0.2) is 0 Å². The summed E-state index contributed by atoms with van der Waals surface area (Å²) in [4.78, 5) is 65.7. The highest BCUT2D eigenvalue weighted by molar-refractivity contribution is 7.66. The lowest BCUT2D eigenvalue weighted by molar-refractivity contribution is -0.0650. The number of H-pyrrole nitrogens is 1. The van der Waals surface area contributed by atoms with Crippen molar-refractivity contribution in [2.75, 3.05) is 13.2 Å². The zero-order valence-electron chi connectivity index (χ0n) is 16.8. The van der Waals surface area contributed by atoms with E-state index in [1.54, 1.807) is 13.1 Å². The van der Waals surface area contributed by atoms with E-state index in [4.69, 9.17) is 34.3 Å². The molecule has 0 amide bonds. The largest absolute Gasteiger partial charge is 0.490 e. The third-order valence-corrected chi connectivity index (χ3v) is 7.43. The Balaban J connectivity index is 0.000000347. The van der Waals surface area contributed by atoms with E-state index >= 15 is 0 Å². The SMILES string of the molecule is Cc1cn(CC2(OCCO)CCCC2)c(=O)[nH]c1=O.O=P(O)(O)OP(=O)(O)OP(=O)(O)O. The molecule has 0 bridgehead atoms. The second-order valence-corrected chi connectivity index (χ2v) is 11.0. The van der Waals surface area contributed by atoms with E-state index in [9.17, 15) is 23.3 Å². The minimum atomic E-state index is -5.46. The lowest BCUT2D eigenvalue weighted by atomic mass is 10.0. The lowest BCUT2D eigenvalue weighted by Gasteiger charge is -2.29. The summed E-state index contributed by atoms with van der Waals surface area (Å²) in [5.74, 6) is 0. The Morgan fingerprint density at radius 2 is 1.53 bits per heavy atom. The molecule has 7 N–H and O–H groups in total. The smallest absolute Gasteiger partial charge is 0.394 e. The number of ether oxygens (including phenoxy) is 1. The van der Waals surface area contributed by atoms with Crippen molar-refractivity contribution in [1.82, 2.24) is 9.55 Å². The number of nitrogens with one attached hydrogen (secondary N) is 1. The highest BCUT2D eigenvalue weighted by atomic mass is 31.3. The summed E-state index contributed by atoms with van der Waals surface area (Å²) < 4.78 is 43.6. The van der Waals surface area contributed by atoms with Gasteiger partial charge < -0.3 is 34.3 Å². The number of rotatable bonds is 9. The van der Waals surface area contributed by atoms with Crippen LogP contribution in [0.5, 0.6) is 0 Å². The van der Waals surface area contributed by atoms with Gasteiger partial charge in [-0.05, 0) is 19.8 Å². The molecule has 0 unspecified atom stereocenters. The molecule has 1 saturated carbocycles. The van der Waals surface area contributed by atoms with Crippen molar-refractivity contribution in [2.45, 2.75) is 44.8 Å². The normalized spacial score (nSPS) is 16.5. The summed E-state index contributed by atoms with van der Waals surface area (Å²) in [6.07, 6.45) is 5.43. The van der Waals surface area contributed by atoms with Crippen molar-refractivity contribution in [3.05, 3.63) is 32.6 Å². The minimum Gasteiger partial charge on any atom is -0.394 e. The van der Waals surface area contributed by atoms with E-state index in [1.807, 2.05) is 0 Å². The maximum Gasteiger partial charge on any atom is 0.490 e. The first kappa shape index (κ1) is 29.0. The summed E-state index contributed by atoms with van der Waals surface area (Å²) in [5.41, 5.74) is -0.639. The van der Waals surface area contributed by atoms with Crippen molar-refractivity contribution in [3.63, 3.8) is 0 Å². The number of aliphatic hydroxyl groups excluding tert-OH is 1. The van der Waals surface area contributed by atoms with Gasteiger partial charge in [-0.3, -0.25) is 14.3 Å². The van der Waals surface area contributed by atoms with Crippen LogP contribution in [0.3, 0.4) is 0 Å². The molecule has 2 rings (SSSR count). The summed E-state index contributed by atoms with van der Waals surface area (Å²) in [7, 11) is -16.2. The van der Waals surface area contributed by atoms with Gasteiger partial charge in [-0.2, -0.15) is 8.62 Å². The number of hydrogen-bond donors (Lipinski definition) is 7. The Morgan fingerprint density at radius 3 is 1.97 bits per heavy atom. The van der Waals surface area contributed by atoms with E-state index in [1.165, 1.54) is 4.57 Å². The summed E-state index contributed by atoms with van der Waals surface area (Å²) in [6, 6.07) is 0. The maximum atomic E-state index is 11.8. The van der Waals surface area contributed by atoms with E-state index in [0.29, 0.717) is 12.1 Å². The molecule has 16 nitrogen and oxygen atoms in total. The molecule has 0 aromatic carbocycles. The Morgan fingerprint density at radius 1 is 1.03 bits per heavy atom. The first-order valence-electron chi connectivity index (χ1n) is 8.89. The molecular formula is C13H25N2O14P3. The Bertz CT molecular complexity index is 989. The van der Waals surface area contributed by atoms with Crippen LogP contribution in [0.4, 0.5) is 0 Å². The van der Waals surface area contributed by atoms with Crippen molar-refractivity contribution in [2.24, 2.45) is 0 Å². The highest BCUT2D eigenvalue weighted by Gasteiger charge is 2.38. The standard InChI is InChI=1S/C13H20N2O4.H5O10P3/c1-10-8-15(12(18)14-11(10)17)9-13(19-7-6-16)4-2-3-5-13;1-11(2,3)9-13(7,8)10-12(4,5)6/h8,16H,2-7,9H2,1H3,(H,14,17,18);(H,7,8)(H2,1,2,3)(H2,4,5,6). The van der Waals surface area contributed by atoms with Gasteiger partial charge in [0.05, 0.1) is 25.4 Å². The molecule has 32 heavy (non-hydrogen) atoms. The summed E-state index contributed by atoms with van der Waals surface area (Å²) in [6.45, 7) is 2.34. The van der Waals surface area contributed by atoms with Gasteiger partial charge in [-0.15, -0.1) is 0 Å². The van der Waals surface area contributed by atoms with Crippen LogP contribution < -0.4 is 11.2 Å². The van der Waals surface area contributed by atoms with Crippen LogP contribution in [0.15, 0.2) is 15.8 Å². The topological polar surface area (TPSA) is 255 Å². The lowest BCUT2D eigenvalue weighted by Crippen LogP contribution is -2.41. The fourth-order valence-electron chi connectivity index (χ4n) is 2.96. The molecule has 1 aliphatic rings. The molecule has 1 aromatic heterocycles. The molecule has 0 aliphatic heterocycles. The number of aliphatic hydroxyl groups is 1. The van der Waals surface area contributed by atoms with Crippen molar-refractivity contribution >= 4 is 23.5 Å².